The lowest BCUT2D eigenvalue weighted by molar-refractivity contribution is -0.154. The number of rotatable bonds is 4. The summed E-state index contributed by atoms with van der Waals surface area (Å²) in [6.45, 7) is 5.57. The molecule has 3 heterocycles. The van der Waals surface area contributed by atoms with Crippen molar-refractivity contribution in [3.63, 3.8) is 0 Å². The van der Waals surface area contributed by atoms with Gasteiger partial charge >= 0.3 is 12.2 Å². The Hall–Kier alpha value is -3.18. The zero-order valence-electron chi connectivity index (χ0n) is 21.1. The van der Waals surface area contributed by atoms with Crippen molar-refractivity contribution in [2.24, 2.45) is 0 Å². The monoisotopic (exact) mass is 514 g/mol. The predicted molar refractivity (Wildman–Crippen MR) is 132 cm³/mol. The number of ether oxygens (including phenoxy) is 4. The Labute approximate surface area is 216 Å². The predicted octanol–water partition coefficient (Wildman–Crippen LogP) is 2.52. The second-order valence-electron chi connectivity index (χ2n) is 9.74. The van der Waals surface area contributed by atoms with Gasteiger partial charge in [0, 0.05) is 0 Å². The zero-order valence-corrected chi connectivity index (χ0v) is 21.1. The molecule has 0 unspecified atom stereocenters. The van der Waals surface area contributed by atoms with Crippen LogP contribution in [0.4, 0.5) is 9.59 Å². The first-order chi connectivity index (χ1) is 17.7. The summed E-state index contributed by atoms with van der Waals surface area (Å²) >= 11 is 0. The maximum atomic E-state index is 12.0. The Morgan fingerprint density at radius 1 is 0.757 bits per heavy atom. The van der Waals surface area contributed by atoms with Crippen LogP contribution in [0.2, 0.25) is 0 Å². The second kappa shape index (κ2) is 11.9. The van der Waals surface area contributed by atoms with Crippen LogP contribution in [0.5, 0.6) is 0 Å². The van der Waals surface area contributed by atoms with E-state index in [1.54, 1.807) is 4.90 Å². The van der Waals surface area contributed by atoms with Gasteiger partial charge in [0.05, 0.1) is 38.4 Å². The molecule has 5 rings (SSSR count). The number of aliphatic hydroxyl groups excluding tert-OH is 2. The number of carbonyl (C=O) groups excluding carboxylic acids is 2. The van der Waals surface area contributed by atoms with Gasteiger partial charge in [-0.3, -0.25) is 0 Å². The Bertz CT molecular complexity index is 1010. The molecule has 200 valence electrons. The van der Waals surface area contributed by atoms with Gasteiger partial charge < -0.3 is 39.0 Å². The van der Waals surface area contributed by atoms with Crippen LogP contribution in [-0.2, 0) is 32.2 Å². The lowest BCUT2D eigenvalue weighted by Gasteiger charge is -2.22. The molecule has 0 radical (unpaired) electrons. The van der Waals surface area contributed by atoms with Gasteiger partial charge in [-0.25, -0.2) is 9.59 Å². The third kappa shape index (κ3) is 7.42. The van der Waals surface area contributed by atoms with Crippen molar-refractivity contribution in [2.45, 2.75) is 57.3 Å². The molecule has 0 aliphatic carbocycles. The molecule has 0 spiro atoms. The lowest BCUT2D eigenvalue weighted by atomic mass is 10.2. The van der Waals surface area contributed by atoms with Crippen molar-refractivity contribution in [1.29, 1.82) is 0 Å². The average molecular weight is 515 g/mol. The topological polar surface area (TPSA) is 118 Å². The Morgan fingerprint density at radius 3 is 1.54 bits per heavy atom. The van der Waals surface area contributed by atoms with Crippen LogP contribution in [-0.4, -0.2) is 88.6 Å². The molecule has 10 nitrogen and oxygen atoms in total. The van der Waals surface area contributed by atoms with E-state index < -0.39 is 24.1 Å². The second-order valence-corrected chi connectivity index (χ2v) is 9.74. The van der Waals surface area contributed by atoms with Crippen molar-refractivity contribution in [3.05, 3.63) is 71.8 Å². The summed E-state index contributed by atoms with van der Waals surface area (Å²) in [6.07, 6.45) is -2.67. The lowest BCUT2D eigenvalue weighted by Crippen LogP contribution is -2.34. The highest BCUT2D eigenvalue weighted by molar-refractivity contribution is 5.68. The minimum Gasteiger partial charge on any atom is -0.445 e. The van der Waals surface area contributed by atoms with Crippen LogP contribution in [0.25, 0.3) is 0 Å². The Morgan fingerprint density at radius 2 is 1.14 bits per heavy atom. The normalized spacial score (nSPS) is 25.7. The van der Waals surface area contributed by atoms with Gasteiger partial charge in [-0.1, -0.05) is 60.7 Å². The maximum Gasteiger partial charge on any atom is 0.410 e. The van der Waals surface area contributed by atoms with Crippen LogP contribution < -0.4 is 0 Å². The molecule has 0 aromatic heterocycles. The van der Waals surface area contributed by atoms with Gasteiger partial charge in [0.2, 0.25) is 0 Å². The molecule has 3 fully saturated rings. The molecule has 3 aliphatic rings. The van der Waals surface area contributed by atoms with Crippen molar-refractivity contribution in [2.75, 3.05) is 26.2 Å². The minimum atomic E-state index is -0.876. The summed E-state index contributed by atoms with van der Waals surface area (Å²) in [6, 6.07) is 19.0. The largest absolute Gasteiger partial charge is 0.445 e. The molecule has 3 saturated heterocycles. The molecule has 3 aliphatic heterocycles. The number of aliphatic hydroxyl groups is 2. The van der Waals surface area contributed by atoms with Crippen LogP contribution in [0.1, 0.15) is 25.0 Å². The SMILES string of the molecule is CC1(C)O[C@H]2CN(C(=O)OCc3ccccc3)C[C@H]2O1.O=C(OCc1ccccc1)N1C[C@@H](O)[C@@H](O)C1. The number of nitrogens with zero attached hydrogens (tertiary/aromatic N) is 2. The Kier molecular flexibility index (Phi) is 8.65. The zero-order chi connectivity index (χ0) is 26.4. The van der Waals surface area contributed by atoms with E-state index in [9.17, 15) is 19.8 Å². The number of likely N-dealkylation sites (tertiary alicyclic amines) is 2. The van der Waals surface area contributed by atoms with Gasteiger partial charge in [-0.15, -0.1) is 0 Å². The summed E-state index contributed by atoms with van der Waals surface area (Å²) < 4.78 is 21.9. The molecule has 37 heavy (non-hydrogen) atoms. The van der Waals surface area contributed by atoms with Crippen molar-refractivity contribution >= 4 is 12.2 Å². The number of carbonyl (C=O) groups is 2. The third-order valence-electron chi connectivity index (χ3n) is 6.27. The fourth-order valence-corrected chi connectivity index (χ4v) is 4.42. The average Bonchev–Trinajstić information content (AvgIpc) is 3.52. The van der Waals surface area contributed by atoms with Crippen molar-refractivity contribution < 1.29 is 38.7 Å². The first-order valence-electron chi connectivity index (χ1n) is 12.3. The molecule has 2 N–H and O–H groups in total. The van der Waals surface area contributed by atoms with Crippen LogP contribution >= 0.6 is 0 Å². The van der Waals surface area contributed by atoms with E-state index >= 15 is 0 Å². The van der Waals surface area contributed by atoms with Crippen LogP contribution in [0.15, 0.2) is 60.7 Å². The molecule has 2 aromatic carbocycles. The first kappa shape index (κ1) is 26.9. The molecular weight excluding hydrogens is 480 g/mol. The number of β-amino-alcohol motifs (C(OH)–C–C–N with tert-alkyl or cyclic N) is 2. The molecule has 10 heteroatoms. The molecular formula is C27H34N2O8. The molecule has 0 saturated carbocycles. The third-order valence-corrected chi connectivity index (χ3v) is 6.27. The Balaban J connectivity index is 0.000000176. The van der Waals surface area contributed by atoms with Crippen molar-refractivity contribution in [1.82, 2.24) is 9.80 Å². The summed E-state index contributed by atoms with van der Waals surface area (Å²) in [5.74, 6) is -0.546. The number of hydrogen-bond acceptors (Lipinski definition) is 8. The van der Waals surface area contributed by atoms with E-state index in [1.807, 2.05) is 74.5 Å². The quantitative estimate of drug-likeness (QED) is 0.639. The van der Waals surface area contributed by atoms with E-state index in [-0.39, 0.29) is 38.0 Å². The van der Waals surface area contributed by atoms with Gasteiger partial charge in [0.15, 0.2) is 5.79 Å². The number of benzene rings is 2. The van der Waals surface area contributed by atoms with Crippen LogP contribution in [0.3, 0.4) is 0 Å². The maximum absolute atomic E-state index is 12.0. The van der Waals surface area contributed by atoms with E-state index in [0.29, 0.717) is 19.7 Å². The smallest absolute Gasteiger partial charge is 0.410 e. The fraction of sp³-hybridized carbons (Fsp3) is 0.481. The molecule has 0 bridgehead atoms. The number of fused-ring (bicyclic) bond motifs is 1. The van der Waals surface area contributed by atoms with Gasteiger partial charge in [0.25, 0.3) is 0 Å². The van der Waals surface area contributed by atoms with E-state index in [1.165, 1.54) is 4.90 Å². The highest BCUT2D eigenvalue weighted by atomic mass is 16.8. The fourth-order valence-electron chi connectivity index (χ4n) is 4.42. The van der Waals surface area contributed by atoms with Gasteiger partial charge in [-0.05, 0) is 25.0 Å². The van der Waals surface area contributed by atoms with Gasteiger partial charge in [-0.2, -0.15) is 0 Å². The first-order valence-corrected chi connectivity index (χ1v) is 12.3. The highest BCUT2D eigenvalue weighted by Gasteiger charge is 2.48. The van der Waals surface area contributed by atoms with E-state index in [4.69, 9.17) is 18.9 Å². The standard InChI is InChI=1S/C15H19NO4.C12H15NO4/c1-15(2)19-12-8-16(9-13(12)20-15)14(17)18-10-11-6-4-3-5-7-11;14-10-6-13(7-11(10)15)12(16)17-8-9-4-2-1-3-5-9/h3-7,12-13H,8-10H2,1-2H3;1-5,10-11,14-15H,6-8H2/t12-,13+;10-,11+. The number of amides is 2. The highest BCUT2D eigenvalue weighted by Crippen LogP contribution is 2.33. The number of hydrogen-bond donors (Lipinski definition) is 2. The molecule has 4 atom stereocenters. The summed E-state index contributed by atoms with van der Waals surface area (Å²) in [4.78, 5) is 26.5. The van der Waals surface area contributed by atoms with E-state index in [0.717, 1.165) is 11.1 Å². The summed E-state index contributed by atoms with van der Waals surface area (Å²) in [5.41, 5.74) is 1.88. The summed E-state index contributed by atoms with van der Waals surface area (Å²) in [5, 5.41) is 18.6. The van der Waals surface area contributed by atoms with Crippen molar-refractivity contribution in [3.8, 4) is 0 Å². The van der Waals surface area contributed by atoms with Crippen LogP contribution in [0, 0.1) is 0 Å². The van der Waals surface area contributed by atoms with Gasteiger partial charge in [0.1, 0.15) is 25.4 Å². The summed E-state index contributed by atoms with van der Waals surface area (Å²) in [7, 11) is 0. The minimum absolute atomic E-state index is 0.0470. The molecule has 2 amide bonds. The molecule has 2 aromatic rings. The van der Waals surface area contributed by atoms with E-state index in [2.05, 4.69) is 0 Å².